The van der Waals surface area contributed by atoms with E-state index >= 15 is 0 Å². The molecular formula is C24H21FN2O5S. The van der Waals surface area contributed by atoms with Gasteiger partial charge in [0.05, 0.1) is 43.2 Å². The Bertz CT molecular complexity index is 1440. The Morgan fingerprint density at radius 2 is 1.79 bits per heavy atom. The fourth-order valence-corrected chi connectivity index (χ4v) is 4.79. The average molecular weight is 469 g/mol. The zero-order valence-corrected chi connectivity index (χ0v) is 19.2. The molecule has 0 unspecified atom stereocenters. The molecule has 0 saturated carbocycles. The molecule has 1 atom stereocenters. The van der Waals surface area contributed by atoms with E-state index in [1.165, 1.54) is 49.4 Å². The molecule has 0 bridgehead atoms. The van der Waals surface area contributed by atoms with Crippen molar-refractivity contribution in [1.82, 2.24) is 4.57 Å². The highest BCUT2D eigenvalue weighted by molar-refractivity contribution is 7.07. The molecule has 2 aromatic carbocycles. The number of allylic oxidation sites excluding steroid dienone is 1. The van der Waals surface area contributed by atoms with Crippen LogP contribution in [0, 0.1) is 5.82 Å². The Morgan fingerprint density at radius 3 is 2.42 bits per heavy atom. The van der Waals surface area contributed by atoms with Crippen LogP contribution in [0.4, 0.5) is 4.39 Å². The van der Waals surface area contributed by atoms with E-state index in [1.54, 1.807) is 43.3 Å². The molecule has 1 aromatic heterocycles. The molecule has 4 rings (SSSR count). The van der Waals surface area contributed by atoms with Crippen LogP contribution in [0.5, 0.6) is 11.5 Å². The Morgan fingerprint density at radius 1 is 1.09 bits per heavy atom. The molecule has 0 amide bonds. The number of carbonyl (C=O) groups excluding carboxylic acids is 1. The number of aromatic nitrogens is 1. The van der Waals surface area contributed by atoms with E-state index in [0.717, 1.165) is 0 Å². The van der Waals surface area contributed by atoms with Crippen LogP contribution in [0.2, 0.25) is 0 Å². The summed E-state index contributed by atoms with van der Waals surface area (Å²) >= 11 is 1.19. The largest absolute Gasteiger partial charge is 0.493 e. The number of halogens is 1. The van der Waals surface area contributed by atoms with E-state index < -0.39 is 12.0 Å². The number of fused-ring (bicyclic) bond motifs is 1. The highest BCUT2D eigenvalue weighted by atomic mass is 32.1. The zero-order valence-electron chi connectivity index (χ0n) is 18.4. The van der Waals surface area contributed by atoms with Gasteiger partial charge in [0.25, 0.3) is 5.56 Å². The van der Waals surface area contributed by atoms with Crippen LogP contribution in [-0.4, -0.2) is 31.9 Å². The highest BCUT2D eigenvalue weighted by Gasteiger charge is 2.33. The number of nitrogens with zero attached hydrogens (tertiary/aromatic N) is 2. The second kappa shape index (κ2) is 9.03. The van der Waals surface area contributed by atoms with Crippen molar-refractivity contribution in [3.63, 3.8) is 0 Å². The monoisotopic (exact) mass is 468 g/mol. The van der Waals surface area contributed by atoms with Crippen LogP contribution in [0.3, 0.4) is 0 Å². The van der Waals surface area contributed by atoms with Crippen molar-refractivity contribution in [2.45, 2.75) is 13.0 Å². The number of carbonyl (C=O) groups is 1. The highest BCUT2D eigenvalue weighted by Crippen LogP contribution is 2.35. The van der Waals surface area contributed by atoms with Crippen molar-refractivity contribution in [2.24, 2.45) is 4.99 Å². The molecule has 0 spiro atoms. The lowest BCUT2D eigenvalue weighted by Gasteiger charge is -2.25. The SMILES string of the molecule is COC(=O)C1=C(C)N=c2s/c(=C/c3ccc(F)cc3)c(=O)n2[C@H]1c1ccc(OC)c(OC)c1. The number of methoxy groups -OCH3 is 3. The van der Waals surface area contributed by atoms with Gasteiger partial charge in [-0.25, -0.2) is 14.2 Å². The third-order valence-corrected chi connectivity index (χ3v) is 6.30. The van der Waals surface area contributed by atoms with Gasteiger partial charge >= 0.3 is 5.97 Å². The van der Waals surface area contributed by atoms with E-state index in [4.69, 9.17) is 14.2 Å². The molecule has 0 saturated heterocycles. The smallest absolute Gasteiger partial charge is 0.338 e. The Labute approximate surface area is 192 Å². The molecule has 0 aliphatic carbocycles. The number of hydrogen-bond acceptors (Lipinski definition) is 7. The van der Waals surface area contributed by atoms with E-state index in [0.29, 0.717) is 37.7 Å². The molecule has 3 aromatic rings. The fourth-order valence-electron chi connectivity index (χ4n) is 3.74. The van der Waals surface area contributed by atoms with E-state index in [2.05, 4.69) is 4.99 Å². The molecule has 0 fully saturated rings. The van der Waals surface area contributed by atoms with E-state index in [9.17, 15) is 14.0 Å². The maximum Gasteiger partial charge on any atom is 0.338 e. The molecule has 1 aliphatic heterocycles. The van der Waals surface area contributed by atoms with Crippen LogP contribution in [0.15, 0.2) is 63.5 Å². The lowest BCUT2D eigenvalue weighted by atomic mass is 9.95. The molecule has 9 heteroatoms. The van der Waals surface area contributed by atoms with Crippen molar-refractivity contribution in [2.75, 3.05) is 21.3 Å². The van der Waals surface area contributed by atoms with Crippen LogP contribution < -0.4 is 24.4 Å². The molecule has 2 heterocycles. The van der Waals surface area contributed by atoms with Gasteiger partial charge in [-0.2, -0.15) is 0 Å². The topological polar surface area (TPSA) is 79.1 Å². The summed E-state index contributed by atoms with van der Waals surface area (Å²) in [5.74, 6) is 0.0388. The van der Waals surface area contributed by atoms with Gasteiger partial charge in [-0.15, -0.1) is 0 Å². The van der Waals surface area contributed by atoms with Gasteiger partial charge in [0, 0.05) is 0 Å². The van der Waals surface area contributed by atoms with Crippen LogP contribution >= 0.6 is 11.3 Å². The standard InChI is InChI=1S/C24H21FN2O5S/c1-13-20(23(29)32-4)21(15-7-10-17(30-2)18(12-15)31-3)27-22(28)19(33-24(27)26-13)11-14-5-8-16(25)9-6-14/h5-12,21H,1-4H3/b19-11+/t21-/m0/s1. The zero-order chi connectivity index (χ0) is 23.7. The van der Waals surface area contributed by atoms with Crippen molar-refractivity contribution in [1.29, 1.82) is 0 Å². The lowest BCUT2D eigenvalue weighted by molar-refractivity contribution is -0.136. The van der Waals surface area contributed by atoms with Gasteiger partial charge in [0.2, 0.25) is 0 Å². The minimum atomic E-state index is -0.774. The third kappa shape index (κ3) is 4.07. The number of ether oxygens (including phenoxy) is 3. The predicted molar refractivity (Wildman–Crippen MR) is 122 cm³/mol. The number of thiazole rings is 1. The summed E-state index contributed by atoms with van der Waals surface area (Å²) in [6, 6.07) is 10.3. The van der Waals surface area contributed by atoms with Crippen molar-refractivity contribution >= 4 is 23.4 Å². The van der Waals surface area contributed by atoms with Gasteiger partial charge < -0.3 is 14.2 Å². The van der Waals surface area contributed by atoms with Crippen LogP contribution in [0.25, 0.3) is 6.08 Å². The van der Waals surface area contributed by atoms with Crippen LogP contribution in [-0.2, 0) is 9.53 Å². The Hall–Kier alpha value is -3.72. The second-order valence-corrected chi connectivity index (χ2v) is 8.25. The summed E-state index contributed by atoms with van der Waals surface area (Å²) < 4.78 is 30.9. The molecule has 0 radical (unpaired) electrons. The molecular weight excluding hydrogens is 447 g/mol. The molecule has 33 heavy (non-hydrogen) atoms. The maximum atomic E-state index is 13.5. The first-order valence-corrected chi connectivity index (χ1v) is 10.8. The van der Waals surface area contributed by atoms with Gasteiger partial charge in [0.1, 0.15) is 5.82 Å². The summed E-state index contributed by atoms with van der Waals surface area (Å²) in [5, 5.41) is 0. The minimum Gasteiger partial charge on any atom is -0.493 e. The van der Waals surface area contributed by atoms with Gasteiger partial charge in [-0.05, 0) is 48.4 Å². The number of hydrogen-bond donors (Lipinski definition) is 0. The first-order chi connectivity index (χ1) is 15.9. The molecule has 7 nitrogen and oxygen atoms in total. The average Bonchev–Trinajstić information content (AvgIpc) is 3.13. The van der Waals surface area contributed by atoms with Gasteiger partial charge in [0.15, 0.2) is 16.3 Å². The fraction of sp³-hybridized carbons (Fsp3) is 0.208. The summed E-state index contributed by atoms with van der Waals surface area (Å²) in [6.45, 7) is 1.71. The summed E-state index contributed by atoms with van der Waals surface area (Å²) in [6.07, 6.45) is 1.67. The minimum absolute atomic E-state index is 0.255. The quantitative estimate of drug-likeness (QED) is 0.538. The second-order valence-electron chi connectivity index (χ2n) is 7.24. The summed E-state index contributed by atoms with van der Waals surface area (Å²) in [7, 11) is 4.33. The van der Waals surface area contributed by atoms with Crippen molar-refractivity contribution in [3.8, 4) is 11.5 Å². The lowest BCUT2D eigenvalue weighted by Crippen LogP contribution is -2.39. The summed E-state index contributed by atoms with van der Waals surface area (Å²) in [5.41, 5.74) is 1.70. The normalized spacial score (nSPS) is 15.7. The Balaban J connectivity index is 1.97. The molecule has 1 aliphatic rings. The van der Waals surface area contributed by atoms with E-state index in [1.807, 2.05) is 0 Å². The van der Waals surface area contributed by atoms with Crippen LogP contribution in [0.1, 0.15) is 24.1 Å². The maximum absolute atomic E-state index is 13.5. The summed E-state index contributed by atoms with van der Waals surface area (Å²) in [4.78, 5) is 31.2. The third-order valence-electron chi connectivity index (χ3n) is 5.32. The van der Waals surface area contributed by atoms with Crippen molar-refractivity contribution in [3.05, 3.63) is 90.4 Å². The Kier molecular flexibility index (Phi) is 6.15. The van der Waals surface area contributed by atoms with Gasteiger partial charge in [-0.1, -0.05) is 29.5 Å². The number of rotatable bonds is 5. The van der Waals surface area contributed by atoms with Crippen molar-refractivity contribution < 1.29 is 23.4 Å². The number of esters is 1. The predicted octanol–water partition coefficient (Wildman–Crippen LogP) is 2.56. The van der Waals surface area contributed by atoms with E-state index in [-0.39, 0.29) is 16.9 Å². The number of benzene rings is 2. The first kappa shape index (κ1) is 22.5. The molecule has 170 valence electrons. The molecule has 0 N–H and O–H groups in total. The van der Waals surface area contributed by atoms with Gasteiger partial charge in [-0.3, -0.25) is 9.36 Å². The first-order valence-electron chi connectivity index (χ1n) is 9.96.